The Kier molecular flexibility index (Phi) is 5.64. The van der Waals surface area contributed by atoms with Crippen molar-refractivity contribution in [3.05, 3.63) is 71.3 Å². The average Bonchev–Trinajstić information content (AvgIpc) is 2.53. The number of halogens is 5. The van der Waals surface area contributed by atoms with Gasteiger partial charge in [-0.3, -0.25) is 0 Å². The van der Waals surface area contributed by atoms with Gasteiger partial charge in [0.2, 0.25) is 0 Å². The average molecular weight is 372 g/mol. The van der Waals surface area contributed by atoms with Crippen LogP contribution in [-0.4, -0.2) is 17.3 Å². The molecule has 0 unspecified atom stereocenters. The van der Waals surface area contributed by atoms with Crippen molar-refractivity contribution < 1.29 is 36.6 Å². The molecule has 2 aromatic carbocycles. The van der Waals surface area contributed by atoms with Gasteiger partial charge in [0, 0.05) is 6.08 Å². The van der Waals surface area contributed by atoms with E-state index in [0.717, 1.165) is 42.5 Å². The molecule has 26 heavy (non-hydrogen) atoms. The van der Waals surface area contributed by atoms with Gasteiger partial charge >= 0.3 is 18.3 Å². The summed E-state index contributed by atoms with van der Waals surface area (Å²) >= 11 is 0. The zero-order valence-corrected chi connectivity index (χ0v) is 13.1. The van der Waals surface area contributed by atoms with Crippen molar-refractivity contribution in [3.63, 3.8) is 0 Å². The number of carboxylic acid groups (broad SMARTS) is 1. The summed E-state index contributed by atoms with van der Waals surface area (Å²) in [5.74, 6) is -1.45. The molecule has 0 aliphatic carbocycles. The fraction of sp³-hybridized carbons (Fsp3) is 0.167. The molecule has 0 saturated heterocycles. The van der Waals surface area contributed by atoms with E-state index in [2.05, 4.69) is 4.74 Å². The monoisotopic (exact) mass is 372 g/mol. The van der Waals surface area contributed by atoms with Gasteiger partial charge in [-0.2, -0.15) is 22.0 Å². The molecule has 138 valence electrons. The molecular weight excluding hydrogens is 359 g/mol. The van der Waals surface area contributed by atoms with Crippen LogP contribution in [0.15, 0.2) is 54.6 Å². The maximum absolute atomic E-state index is 14.1. The SMILES string of the molecule is O=C(O)/C=C/c1ccc(C(F)(F)Oc2ccc(CC(F)(F)F)cc2)cc1. The molecule has 0 atom stereocenters. The molecule has 0 spiro atoms. The topological polar surface area (TPSA) is 46.5 Å². The summed E-state index contributed by atoms with van der Waals surface area (Å²) in [6.07, 6.45) is -7.14. The van der Waals surface area contributed by atoms with Crippen LogP contribution in [0.4, 0.5) is 22.0 Å². The molecule has 8 heteroatoms. The Labute approximate surface area is 145 Å². The predicted molar refractivity (Wildman–Crippen MR) is 83.8 cm³/mol. The summed E-state index contributed by atoms with van der Waals surface area (Å²) in [5, 5.41) is 8.52. The molecule has 0 aromatic heterocycles. The van der Waals surface area contributed by atoms with Gasteiger partial charge in [-0.25, -0.2) is 4.79 Å². The van der Waals surface area contributed by atoms with Gasteiger partial charge in [0.15, 0.2) is 0 Å². The molecule has 0 bridgehead atoms. The van der Waals surface area contributed by atoms with Gasteiger partial charge in [0.1, 0.15) is 5.75 Å². The summed E-state index contributed by atoms with van der Waals surface area (Å²) in [4.78, 5) is 10.4. The third kappa shape index (κ3) is 5.87. The molecule has 0 amide bonds. The van der Waals surface area contributed by atoms with Crippen LogP contribution in [0.2, 0.25) is 0 Å². The minimum absolute atomic E-state index is 0.0669. The Hall–Kier alpha value is -2.90. The van der Waals surface area contributed by atoms with E-state index in [4.69, 9.17) is 5.11 Å². The Morgan fingerprint density at radius 2 is 1.54 bits per heavy atom. The molecule has 1 N–H and O–H groups in total. The van der Waals surface area contributed by atoms with E-state index < -0.39 is 30.2 Å². The Bertz CT molecular complexity index is 778. The molecule has 2 aromatic rings. The third-order valence-corrected chi connectivity index (χ3v) is 3.24. The number of hydrogen-bond donors (Lipinski definition) is 1. The van der Waals surface area contributed by atoms with Crippen LogP contribution < -0.4 is 4.74 Å². The number of benzene rings is 2. The van der Waals surface area contributed by atoms with Crippen molar-refractivity contribution >= 4 is 12.0 Å². The standard InChI is InChI=1S/C18H13F5O3/c19-17(20,21)11-13-3-8-15(9-4-13)26-18(22,23)14-6-1-12(2-7-14)5-10-16(24)25/h1-10H,11H2,(H,24,25)/b10-5+. The maximum Gasteiger partial charge on any atom is 0.426 e. The fourth-order valence-electron chi connectivity index (χ4n) is 2.07. The zero-order chi connectivity index (χ0) is 19.4. The van der Waals surface area contributed by atoms with E-state index in [1.807, 2.05) is 0 Å². The smallest absolute Gasteiger partial charge is 0.426 e. The van der Waals surface area contributed by atoms with E-state index >= 15 is 0 Å². The predicted octanol–water partition coefficient (Wildman–Crippen LogP) is 5.02. The van der Waals surface area contributed by atoms with Crippen LogP contribution in [0.25, 0.3) is 6.08 Å². The molecule has 0 fully saturated rings. The van der Waals surface area contributed by atoms with E-state index in [-0.39, 0.29) is 11.3 Å². The van der Waals surface area contributed by atoms with Crippen LogP contribution in [0.3, 0.4) is 0 Å². The van der Waals surface area contributed by atoms with Crippen LogP contribution in [0.5, 0.6) is 5.75 Å². The highest BCUT2D eigenvalue weighted by Gasteiger charge is 2.34. The third-order valence-electron chi connectivity index (χ3n) is 3.24. The fourth-order valence-corrected chi connectivity index (χ4v) is 2.07. The van der Waals surface area contributed by atoms with Gasteiger partial charge in [-0.05, 0) is 41.5 Å². The quantitative estimate of drug-likeness (QED) is 0.572. The summed E-state index contributed by atoms with van der Waals surface area (Å²) in [6, 6.07) is 8.94. The second-order valence-corrected chi connectivity index (χ2v) is 5.35. The molecular formula is C18H13F5O3. The van der Waals surface area contributed by atoms with Gasteiger partial charge in [0.25, 0.3) is 0 Å². The number of carboxylic acids is 1. The molecule has 3 nitrogen and oxygen atoms in total. The number of ether oxygens (including phenoxy) is 1. The first-order valence-electron chi connectivity index (χ1n) is 7.29. The minimum atomic E-state index is -4.39. The van der Waals surface area contributed by atoms with Crippen LogP contribution in [0, 0.1) is 0 Å². The highest BCUT2D eigenvalue weighted by atomic mass is 19.4. The number of alkyl halides is 5. The Balaban J connectivity index is 2.09. The lowest BCUT2D eigenvalue weighted by molar-refractivity contribution is -0.185. The number of hydrogen-bond acceptors (Lipinski definition) is 2. The van der Waals surface area contributed by atoms with Crippen molar-refractivity contribution in [2.24, 2.45) is 0 Å². The van der Waals surface area contributed by atoms with Crippen molar-refractivity contribution in [3.8, 4) is 5.75 Å². The van der Waals surface area contributed by atoms with E-state index in [1.54, 1.807) is 0 Å². The highest BCUT2D eigenvalue weighted by molar-refractivity contribution is 5.85. The maximum atomic E-state index is 14.1. The summed E-state index contributed by atoms with van der Waals surface area (Å²) in [7, 11) is 0. The summed E-state index contributed by atoms with van der Waals surface area (Å²) in [6.45, 7) is 0. The zero-order valence-electron chi connectivity index (χ0n) is 13.1. The van der Waals surface area contributed by atoms with Crippen molar-refractivity contribution in [2.45, 2.75) is 18.7 Å². The molecule has 0 saturated carbocycles. The van der Waals surface area contributed by atoms with Gasteiger partial charge in [-0.1, -0.05) is 24.3 Å². The molecule has 0 aliphatic heterocycles. The van der Waals surface area contributed by atoms with Gasteiger partial charge in [-0.15, -0.1) is 0 Å². The van der Waals surface area contributed by atoms with E-state index in [9.17, 15) is 26.7 Å². The Morgan fingerprint density at radius 3 is 2.04 bits per heavy atom. The van der Waals surface area contributed by atoms with E-state index in [0.29, 0.717) is 5.56 Å². The highest BCUT2D eigenvalue weighted by Crippen LogP contribution is 2.32. The number of carbonyl (C=O) groups is 1. The van der Waals surface area contributed by atoms with Crippen molar-refractivity contribution in [2.75, 3.05) is 0 Å². The lowest BCUT2D eigenvalue weighted by atomic mass is 10.1. The summed E-state index contributed by atoms with van der Waals surface area (Å²) < 4.78 is 69.7. The first-order chi connectivity index (χ1) is 12.0. The summed E-state index contributed by atoms with van der Waals surface area (Å²) in [5.41, 5.74) is -0.143. The molecule has 0 aliphatic rings. The molecule has 2 rings (SSSR count). The van der Waals surface area contributed by atoms with Crippen LogP contribution in [0.1, 0.15) is 16.7 Å². The molecule has 0 heterocycles. The Morgan fingerprint density at radius 1 is 0.962 bits per heavy atom. The van der Waals surface area contributed by atoms with Crippen molar-refractivity contribution in [1.82, 2.24) is 0 Å². The van der Waals surface area contributed by atoms with Gasteiger partial charge < -0.3 is 9.84 Å². The second-order valence-electron chi connectivity index (χ2n) is 5.35. The van der Waals surface area contributed by atoms with Gasteiger partial charge in [0.05, 0.1) is 12.0 Å². The van der Waals surface area contributed by atoms with E-state index in [1.165, 1.54) is 18.2 Å². The van der Waals surface area contributed by atoms with Crippen LogP contribution >= 0.6 is 0 Å². The lowest BCUT2D eigenvalue weighted by Crippen LogP contribution is -2.21. The largest absolute Gasteiger partial charge is 0.478 e. The number of rotatable bonds is 6. The number of aliphatic carboxylic acids is 1. The molecule has 0 radical (unpaired) electrons. The van der Waals surface area contributed by atoms with Crippen LogP contribution in [-0.2, 0) is 17.3 Å². The second kappa shape index (κ2) is 7.55. The van der Waals surface area contributed by atoms with Crippen molar-refractivity contribution in [1.29, 1.82) is 0 Å². The normalized spacial score (nSPS) is 12.3. The first-order valence-corrected chi connectivity index (χ1v) is 7.29. The lowest BCUT2D eigenvalue weighted by Gasteiger charge is -2.18. The first kappa shape index (κ1) is 19.4. The minimum Gasteiger partial charge on any atom is -0.478 e.